The lowest BCUT2D eigenvalue weighted by Crippen LogP contribution is -2.60. The number of piperidine rings is 1. The number of nitrogen functional groups attached to an aromatic ring is 1. The van der Waals surface area contributed by atoms with Gasteiger partial charge >= 0.3 is 11.4 Å². The van der Waals surface area contributed by atoms with Crippen molar-refractivity contribution in [1.29, 1.82) is 0 Å². The predicted molar refractivity (Wildman–Crippen MR) is 282 cm³/mol. The predicted octanol–water partition coefficient (Wildman–Crippen LogP) is 3.96. The van der Waals surface area contributed by atoms with E-state index < -0.39 is 47.5 Å². The number of anilines is 1. The molecule has 10 atom stereocenters. The Balaban J connectivity index is 0.000000214. The molecule has 0 unspecified atom stereocenters. The lowest BCUT2D eigenvalue weighted by atomic mass is 9.72. The number of carbonyl (C=O) groups excluding carboxylic acids is 2. The fourth-order valence-electron chi connectivity index (χ4n) is 9.43. The number of aromatic nitrogens is 4. The number of nitrogens with two attached hydrogens (primary N) is 1. The summed E-state index contributed by atoms with van der Waals surface area (Å²) in [6.45, 7) is 9.96. The monoisotopic (exact) mass is 1060 g/mol. The maximum absolute atomic E-state index is 13.5. The third kappa shape index (κ3) is 15.7. The number of benzene rings is 2. The number of likely N-dealkylation sites (tertiary alicyclic amines) is 1. The number of thioether (sulfide) groups is 2. The summed E-state index contributed by atoms with van der Waals surface area (Å²) in [5, 5.41) is 49.5. The highest BCUT2D eigenvalue weighted by Crippen LogP contribution is 2.39. The maximum Gasteiger partial charge on any atom is 0.351 e. The zero-order chi connectivity index (χ0) is 53.7. The van der Waals surface area contributed by atoms with Gasteiger partial charge in [-0.05, 0) is 95.2 Å². The van der Waals surface area contributed by atoms with E-state index in [9.17, 15) is 34.2 Å². The first-order chi connectivity index (χ1) is 35.3. The molecule has 3 aliphatic heterocycles. The standard InChI is InChI=1S/C32H45N3O4S.C10H13N5O4.C8H11N3O3S/c1-21-25(15-10-16-28(21)36)30(38)33-26(20-40-24-13-6-5-7-14-24)29(37)19-35-18-23-12-9-8-11-22(23)17-27(35)31(39)34-32(2,3)4;1-5-3-15(10(18)12-9(5)17)8-2-6(13-14-11)7(4-16)19-8;9-5-1-2-11(8(13)10-5)6-4-15-7(3-12)14-6/h5-7,10,13-16,22-23,26-27,29,36-37H,8-9,11-12,17-20H2,1-4H3,(H,33,38)(H,34,39);3,6-8,16H,2,4H2,1H3,(H,12,17,18);1-2,6-7,12H,3-4H2,(H2,9,10,13)/t22-,23+,26-,27-,29+;6-,7+,8+;6-,7+/m000/s1. The molecule has 24 heteroatoms. The lowest BCUT2D eigenvalue weighted by molar-refractivity contribution is -0.132. The Hall–Kier alpha value is -5.69. The molecule has 2 aromatic carbocycles. The van der Waals surface area contributed by atoms with Crippen molar-refractivity contribution in [2.45, 2.75) is 132 Å². The number of azide groups is 1. The number of H-pyrrole nitrogens is 1. The highest BCUT2D eigenvalue weighted by molar-refractivity contribution is 8.00. The van der Waals surface area contributed by atoms with Gasteiger partial charge in [-0.3, -0.25) is 33.4 Å². The molecule has 0 spiro atoms. The van der Waals surface area contributed by atoms with Gasteiger partial charge in [0, 0.05) is 75.4 Å². The number of ether oxygens (including phenoxy) is 2. The van der Waals surface area contributed by atoms with Crippen LogP contribution in [0.25, 0.3) is 10.4 Å². The molecule has 4 aromatic rings. The van der Waals surface area contributed by atoms with Crippen LogP contribution in [0.1, 0.15) is 93.2 Å². The van der Waals surface area contributed by atoms with Crippen LogP contribution in [0.3, 0.4) is 0 Å². The molecule has 8 rings (SSSR count). The van der Waals surface area contributed by atoms with E-state index in [0.717, 1.165) is 30.7 Å². The zero-order valence-corrected chi connectivity index (χ0v) is 43.9. The van der Waals surface area contributed by atoms with Crippen LogP contribution in [-0.4, -0.2) is 135 Å². The van der Waals surface area contributed by atoms with Gasteiger partial charge in [0.15, 0.2) is 0 Å². The van der Waals surface area contributed by atoms with Crippen LogP contribution in [0.15, 0.2) is 91.4 Å². The zero-order valence-electron chi connectivity index (χ0n) is 42.3. The number of aliphatic hydroxyl groups is 3. The average molecular weight is 1060 g/mol. The van der Waals surface area contributed by atoms with Gasteiger partial charge in [-0.2, -0.15) is 4.98 Å². The van der Waals surface area contributed by atoms with Gasteiger partial charge in [-0.1, -0.05) is 48.6 Å². The molecule has 0 radical (unpaired) electrons. The van der Waals surface area contributed by atoms with Gasteiger partial charge in [-0.15, -0.1) is 23.5 Å². The molecule has 2 amide bonds. The van der Waals surface area contributed by atoms with Crippen molar-refractivity contribution in [2.24, 2.45) is 17.0 Å². The normalized spacial score (nSPS) is 24.4. The number of fused-ring (bicyclic) bond motifs is 1. The molecule has 4 fully saturated rings. The summed E-state index contributed by atoms with van der Waals surface area (Å²) < 4.78 is 13.5. The second-order valence-electron chi connectivity index (χ2n) is 19.8. The summed E-state index contributed by atoms with van der Waals surface area (Å²) in [5.41, 5.74) is 13.0. The quantitative estimate of drug-likeness (QED) is 0.0384. The van der Waals surface area contributed by atoms with Crippen molar-refractivity contribution in [3.05, 3.63) is 125 Å². The van der Waals surface area contributed by atoms with E-state index >= 15 is 0 Å². The van der Waals surface area contributed by atoms with Crippen molar-refractivity contribution < 1.29 is 39.5 Å². The van der Waals surface area contributed by atoms with E-state index in [0.29, 0.717) is 46.6 Å². The van der Waals surface area contributed by atoms with Crippen molar-refractivity contribution in [1.82, 2.24) is 34.6 Å². The molecular formula is C50H69N11O11S2. The lowest BCUT2D eigenvalue weighted by Gasteiger charge is -2.47. The summed E-state index contributed by atoms with van der Waals surface area (Å²) >= 11 is 3.04. The first-order valence-electron chi connectivity index (χ1n) is 24.7. The summed E-state index contributed by atoms with van der Waals surface area (Å²) in [7, 11) is 0. The molecule has 1 saturated carbocycles. The number of β-amino-alcohol motifs (C(OH)–C–C–N with tert-alkyl or cyclic N) is 1. The van der Waals surface area contributed by atoms with Crippen LogP contribution in [0.5, 0.6) is 5.75 Å². The number of aromatic hydroxyl groups is 1. The number of phenols is 1. The molecule has 4 aliphatic rings. The minimum atomic E-state index is -0.886. The number of nitrogens with one attached hydrogen (secondary N) is 3. The summed E-state index contributed by atoms with van der Waals surface area (Å²) in [6.07, 6.45) is 6.18. The first-order valence-corrected chi connectivity index (χ1v) is 26.7. The second-order valence-corrected chi connectivity index (χ2v) is 22.1. The number of aromatic amines is 1. The van der Waals surface area contributed by atoms with Gasteiger partial charge in [0.1, 0.15) is 29.5 Å². The Kier molecular flexibility index (Phi) is 20.8. The van der Waals surface area contributed by atoms with Crippen molar-refractivity contribution in [2.75, 3.05) is 43.5 Å². The van der Waals surface area contributed by atoms with Crippen molar-refractivity contribution in [3.63, 3.8) is 0 Å². The second kappa shape index (κ2) is 26.7. The van der Waals surface area contributed by atoms with Crippen LogP contribution in [-0.2, 0) is 14.3 Å². The third-order valence-electron chi connectivity index (χ3n) is 13.3. The minimum Gasteiger partial charge on any atom is -0.508 e. The van der Waals surface area contributed by atoms with Gasteiger partial charge in [0.05, 0.1) is 43.5 Å². The number of carbonyl (C=O) groups is 2. The van der Waals surface area contributed by atoms with Gasteiger partial charge in [0.2, 0.25) is 5.91 Å². The number of amides is 2. The van der Waals surface area contributed by atoms with Crippen LogP contribution < -0.4 is 33.3 Å². The molecule has 9 N–H and O–H groups in total. The molecule has 22 nitrogen and oxygen atoms in total. The Morgan fingerprint density at radius 3 is 2.39 bits per heavy atom. The number of hydrogen-bond donors (Lipinski definition) is 8. The number of nitrogens with zero attached hydrogens (tertiary/aromatic N) is 7. The molecule has 2 aromatic heterocycles. The van der Waals surface area contributed by atoms with Gasteiger partial charge in [-0.25, -0.2) is 9.59 Å². The Bertz CT molecular complexity index is 2750. The topological polar surface area (TPSA) is 325 Å². The smallest absolute Gasteiger partial charge is 0.351 e. The molecule has 5 heterocycles. The fraction of sp³-hybridized carbons (Fsp3) is 0.560. The van der Waals surface area contributed by atoms with Gasteiger partial charge in [0.25, 0.3) is 11.5 Å². The van der Waals surface area contributed by atoms with Crippen molar-refractivity contribution >= 4 is 41.2 Å². The third-order valence-corrected chi connectivity index (χ3v) is 15.6. The van der Waals surface area contributed by atoms with E-state index in [1.807, 2.05) is 51.1 Å². The molecule has 0 bridgehead atoms. The van der Waals surface area contributed by atoms with E-state index in [1.54, 1.807) is 56.1 Å². The number of aliphatic hydroxyl groups excluding tert-OH is 3. The Labute approximate surface area is 437 Å². The molecular weight excluding hydrogens is 995 g/mol. The first kappa shape index (κ1) is 57.6. The number of hydrogen-bond acceptors (Lipinski definition) is 17. The molecule has 74 heavy (non-hydrogen) atoms. The van der Waals surface area contributed by atoms with Crippen LogP contribution in [0, 0.1) is 25.7 Å². The van der Waals surface area contributed by atoms with Crippen molar-refractivity contribution in [3.8, 4) is 5.75 Å². The Morgan fingerprint density at radius 1 is 1.00 bits per heavy atom. The molecule has 1 aliphatic carbocycles. The highest BCUT2D eigenvalue weighted by atomic mass is 32.2. The molecule has 402 valence electrons. The number of aryl methyl sites for hydroxylation is 1. The van der Waals surface area contributed by atoms with Crippen LogP contribution in [0.4, 0.5) is 5.82 Å². The largest absolute Gasteiger partial charge is 0.508 e. The van der Waals surface area contributed by atoms with Gasteiger partial charge < -0.3 is 46.3 Å². The maximum atomic E-state index is 13.5. The molecule has 3 saturated heterocycles. The van der Waals surface area contributed by atoms with E-state index in [1.165, 1.54) is 39.9 Å². The van der Waals surface area contributed by atoms with E-state index in [2.05, 4.69) is 35.5 Å². The van der Waals surface area contributed by atoms with E-state index in [4.69, 9.17) is 31.0 Å². The minimum absolute atomic E-state index is 0.0124. The Morgan fingerprint density at radius 2 is 1.73 bits per heavy atom. The fourth-order valence-corrected chi connectivity index (χ4v) is 11.4. The summed E-state index contributed by atoms with van der Waals surface area (Å²) in [6, 6.07) is 14.9. The number of rotatable bonds is 14. The summed E-state index contributed by atoms with van der Waals surface area (Å²) in [4.78, 5) is 72.9. The van der Waals surface area contributed by atoms with Crippen LogP contribution >= 0.6 is 23.5 Å². The highest BCUT2D eigenvalue weighted by Gasteiger charge is 2.42. The van der Waals surface area contributed by atoms with E-state index in [-0.39, 0.29) is 66.3 Å². The summed E-state index contributed by atoms with van der Waals surface area (Å²) in [5.74, 6) is 2.09. The average Bonchev–Trinajstić information content (AvgIpc) is 4.02. The SMILES string of the molecule is Cc1c(O)cccc1C(=O)N[C@@H](CSc1ccccc1)[C@H](O)CN1C[C@H]2CCCC[C@H]2C[C@H]1C(=O)NC(C)(C)C.Cc1cn([C@H]2C[C@H](N=[N+]=[N-])[C@@H](CO)O2)c(=O)[nH]c1=O.Nc1ccn([C@@H]2CS[C@H](CO)O2)c(=O)n1. The van der Waals surface area contributed by atoms with Crippen LogP contribution in [0.2, 0.25) is 0 Å². The number of phenolic OH excluding ortho intramolecular Hbond substituents is 1.